The molecule has 2 N–H and O–H groups in total. The molecule has 2 nitrogen and oxygen atoms in total. The van der Waals surface area contributed by atoms with Crippen molar-refractivity contribution in [2.45, 2.75) is 26.2 Å². The Balaban J connectivity index is 0.000000202. The van der Waals surface area contributed by atoms with E-state index >= 15 is 0 Å². The maximum Gasteiger partial charge on any atom is 0.0267 e. The molecular weight excluding hydrogens is 148 g/mol. The topological polar surface area (TPSA) is 38.9 Å². The highest BCUT2D eigenvalue weighted by Gasteiger charge is 1.75. The van der Waals surface area contributed by atoms with E-state index in [2.05, 4.69) is 11.9 Å². The first kappa shape index (κ1) is 11.1. The van der Waals surface area contributed by atoms with Crippen molar-refractivity contribution in [3.05, 3.63) is 30.6 Å². The van der Waals surface area contributed by atoms with Crippen LogP contribution in [0.5, 0.6) is 0 Å². The molecule has 0 aromatic carbocycles. The molecule has 1 aromatic heterocycles. The molecule has 0 amide bonds. The zero-order valence-corrected chi connectivity index (χ0v) is 7.74. The van der Waals surface area contributed by atoms with Crippen LogP contribution in [0.1, 0.15) is 26.2 Å². The predicted octanol–water partition coefficient (Wildman–Crippen LogP) is 2.22. The van der Waals surface area contributed by atoms with Gasteiger partial charge in [-0.15, -0.1) is 0 Å². The van der Waals surface area contributed by atoms with Crippen LogP contribution < -0.4 is 5.73 Å². The summed E-state index contributed by atoms with van der Waals surface area (Å²) in [5.41, 5.74) is 5.21. The number of nitrogens with zero attached hydrogens (tertiary/aromatic N) is 1. The molecule has 1 aromatic rings. The first-order valence-electron chi connectivity index (χ1n) is 4.47. The van der Waals surface area contributed by atoms with Crippen LogP contribution in [-0.4, -0.2) is 11.5 Å². The number of hydrogen-bond acceptors (Lipinski definition) is 2. The Bertz CT molecular complexity index is 120. The molecule has 1 heterocycles. The van der Waals surface area contributed by atoms with Crippen molar-refractivity contribution in [3.63, 3.8) is 0 Å². The lowest BCUT2D eigenvalue weighted by atomic mass is 10.3. The molecule has 0 fully saturated rings. The van der Waals surface area contributed by atoms with Crippen molar-refractivity contribution >= 4 is 0 Å². The number of nitrogens with two attached hydrogens (primary N) is 1. The fourth-order valence-corrected chi connectivity index (χ4v) is 0.707. The first-order chi connectivity index (χ1) is 5.91. The van der Waals surface area contributed by atoms with Gasteiger partial charge in [-0.05, 0) is 25.1 Å². The second kappa shape index (κ2) is 10.1. The van der Waals surface area contributed by atoms with Gasteiger partial charge in [-0.1, -0.05) is 25.8 Å². The van der Waals surface area contributed by atoms with Gasteiger partial charge in [0.05, 0.1) is 0 Å². The third-order valence-electron chi connectivity index (χ3n) is 1.37. The minimum atomic E-state index is 0.855. The Labute approximate surface area is 74.8 Å². The quantitative estimate of drug-likeness (QED) is 0.699. The van der Waals surface area contributed by atoms with Crippen LogP contribution in [0.3, 0.4) is 0 Å². The van der Waals surface area contributed by atoms with E-state index in [1.165, 1.54) is 19.3 Å². The summed E-state index contributed by atoms with van der Waals surface area (Å²) < 4.78 is 0. The molecule has 0 saturated carbocycles. The monoisotopic (exact) mass is 166 g/mol. The summed E-state index contributed by atoms with van der Waals surface area (Å²) >= 11 is 0. The minimum absolute atomic E-state index is 0.855. The normalized spacial score (nSPS) is 8.50. The smallest absolute Gasteiger partial charge is 0.0267 e. The third-order valence-corrected chi connectivity index (χ3v) is 1.37. The maximum atomic E-state index is 5.21. The average molecular weight is 166 g/mol. The number of aromatic nitrogens is 1. The molecule has 1 rings (SSSR count). The molecule has 0 unspecified atom stereocenters. The molecule has 0 atom stereocenters. The fraction of sp³-hybridized carbons (Fsp3) is 0.500. The van der Waals surface area contributed by atoms with Crippen LogP contribution in [0.25, 0.3) is 0 Å². The van der Waals surface area contributed by atoms with E-state index in [1.807, 2.05) is 18.2 Å². The van der Waals surface area contributed by atoms with Gasteiger partial charge >= 0.3 is 0 Å². The van der Waals surface area contributed by atoms with Crippen molar-refractivity contribution in [2.24, 2.45) is 5.73 Å². The Kier molecular flexibility index (Phi) is 9.36. The van der Waals surface area contributed by atoms with E-state index in [0.29, 0.717) is 0 Å². The Hall–Kier alpha value is -0.890. The molecule has 0 aliphatic heterocycles. The van der Waals surface area contributed by atoms with Crippen molar-refractivity contribution in [1.29, 1.82) is 0 Å². The van der Waals surface area contributed by atoms with E-state index in [-0.39, 0.29) is 0 Å². The lowest BCUT2D eigenvalue weighted by Gasteiger charge is -1.86. The number of unbranched alkanes of at least 4 members (excludes halogenated alkanes) is 2. The van der Waals surface area contributed by atoms with E-state index < -0.39 is 0 Å². The lowest BCUT2D eigenvalue weighted by molar-refractivity contribution is 0.727. The molecule has 68 valence electrons. The molecule has 0 saturated heterocycles. The highest BCUT2D eigenvalue weighted by molar-refractivity contribution is 4.88. The summed E-state index contributed by atoms with van der Waals surface area (Å²) in [6.07, 6.45) is 7.25. The standard InChI is InChI=1S/C5H5N.C5H13N/c1-2-4-6-5-3-1;1-2-3-4-5-6/h1-5H;2-6H2,1H3. The molecular formula is C10H18N2. The summed E-state index contributed by atoms with van der Waals surface area (Å²) in [4.78, 5) is 3.78. The average Bonchev–Trinajstić information content (AvgIpc) is 2.18. The zero-order valence-electron chi connectivity index (χ0n) is 7.74. The van der Waals surface area contributed by atoms with Gasteiger partial charge in [0, 0.05) is 12.4 Å². The molecule has 0 aliphatic rings. The van der Waals surface area contributed by atoms with E-state index in [9.17, 15) is 0 Å². The molecule has 2 heteroatoms. The minimum Gasteiger partial charge on any atom is -0.330 e. The third kappa shape index (κ3) is 9.11. The maximum absolute atomic E-state index is 5.21. The number of rotatable bonds is 3. The predicted molar refractivity (Wildman–Crippen MR) is 52.8 cm³/mol. The van der Waals surface area contributed by atoms with Crippen LogP contribution in [0.2, 0.25) is 0 Å². The van der Waals surface area contributed by atoms with Crippen LogP contribution >= 0.6 is 0 Å². The van der Waals surface area contributed by atoms with E-state index in [1.54, 1.807) is 12.4 Å². The van der Waals surface area contributed by atoms with Gasteiger partial charge in [0.15, 0.2) is 0 Å². The number of pyridine rings is 1. The van der Waals surface area contributed by atoms with Crippen LogP contribution in [-0.2, 0) is 0 Å². The number of hydrogen-bond donors (Lipinski definition) is 1. The van der Waals surface area contributed by atoms with Crippen LogP contribution in [0, 0.1) is 0 Å². The van der Waals surface area contributed by atoms with Gasteiger partial charge < -0.3 is 5.73 Å². The van der Waals surface area contributed by atoms with Gasteiger partial charge in [-0.25, -0.2) is 0 Å². The Morgan fingerprint density at radius 2 is 1.75 bits per heavy atom. The van der Waals surface area contributed by atoms with Gasteiger partial charge in [0.1, 0.15) is 0 Å². The SMILES string of the molecule is CCCCCN.c1ccncc1. The summed E-state index contributed by atoms with van der Waals surface area (Å²) in [5, 5.41) is 0. The second-order valence-electron chi connectivity index (χ2n) is 2.52. The summed E-state index contributed by atoms with van der Waals surface area (Å²) in [7, 11) is 0. The molecule has 0 spiro atoms. The van der Waals surface area contributed by atoms with Crippen LogP contribution in [0.15, 0.2) is 30.6 Å². The highest BCUT2D eigenvalue weighted by Crippen LogP contribution is 1.88. The van der Waals surface area contributed by atoms with Crippen molar-refractivity contribution < 1.29 is 0 Å². The van der Waals surface area contributed by atoms with Gasteiger partial charge in [-0.3, -0.25) is 4.98 Å². The van der Waals surface area contributed by atoms with Crippen molar-refractivity contribution in [1.82, 2.24) is 4.98 Å². The van der Waals surface area contributed by atoms with E-state index in [4.69, 9.17) is 5.73 Å². The highest BCUT2D eigenvalue weighted by atomic mass is 14.6. The zero-order chi connectivity index (χ0) is 9.07. The van der Waals surface area contributed by atoms with Gasteiger partial charge in [-0.2, -0.15) is 0 Å². The summed E-state index contributed by atoms with van der Waals surface area (Å²) in [5.74, 6) is 0. The molecule has 0 bridgehead atoms. The largest absolute Gasteiger partial charge is 0.330 e. The fourth-order valence-electron chi connectivity index (χ4n) is 0.707. The van der Waals surface area contributed by atoms with Crippen LogP contribution in [0.4, 0.5) is 0 Å². The first-order valence-corrected chi connectivity index (χ1v) is 4.47. The van der Waals surface area contributed by atoms with Gasteiger partial charge in [0.2, 0.25) is 0 Å². The van der Waals surface area contributed by atoms with Crippen molar-refractivity contribution in [2.75, 3.05) is 6.54 Å². The Morgan fingerprint density at radius 3 is 1.92 bits per heavy atom. The van der Waals surface area contributed by atoms with E-state index in [0.717, 1.165) is 6.54 Å². The van der Waals surface area contributed by atoms with Gasteiger partial charge in [0.25, 0.3) is 0 Å². The Morgan fingerprint density at radius 1 is 1.08 bits per heavy atom. The van der Waals surface area contributed by atoms with Crippen molar-refractivity contribution in [3.8, 4) is 0 Å². The summed E-state index contributed by atoms with van der Waals surface area (Å²) in [6.45, 7) is 3.03. The second-order valence-corrected chi connectivity index (χ2v) is 2.52. The lowest BCUT2D eigenvalue weighted by Crippen LogP contribution is -1.96. The molecule has 0 aliphatic carbocycles. The summed E-state index contributed by atoms with van der Waals surface area (Å²) in [6, 6.07) is 5.72. The molecule has 0 radical (unpaired) electrons. The molecule has 12 heavy (non-hydrogen) atoms.